The number of fused-ring (bicyclic) bond motifs is 1. The first-order valence-corrected chi connectivity index (χ1v) is 7.20. The maximum atomic E-state index is 12.1. The summed E-state index contributed by atoms with van der Waals surface area (Å²) in [5.74, 6) is -0.253. The van der Waals surface area contributed by atoms with Crippen LogP contribution in [-0.4, -0.2) is 15.8 Å². The van der Waals surface area contributed by atoms with Crippen molar-refractivity contribution in [3.63, 3.8) is 0 Å². The minimum atomic E-state index is -0.585. The molecule has 0 atom stereocenters. The van der Waals surface area contributed by atoms with Crippen molar-refractivity contribution in [3.05, 3.63) is 69.4 Å². The van der Waals surface area contributed by atoms with Crippen molar-refractivity contribution >= 4 is 39.8 Å². The number of aromatic amines is 1. The summed E-state index contributed by atoms with van der Waals surface area (Å²) in [6, 6.07) is 11.8. The van der Waals surface area contributed by atoms with Crippen LogP contribution in [0.25, 0.3) is 10.9 Å². The highest BCUT2D eigenvalue weighted by Gasteiger charge is 2.14. The molecule has 0 aliphatic carbocycles. The maximum absolute atomic E-state index is 12.1. The highest BCUT2D eigenvalue weighted by Crippen LogP contribution is 2.27. The number of carbonyl (C=O) groups excluding carboxylic acids is 1. The number of H-pyrrole nitrogens is 1. The first-order chi connectivity index (χ1) is 11.0. The number of aromatic nitrogens is 1. The van der Waals surface area contributed by atoms with Crippen LogP contribution in [-0.2, 0) is 11.2 Å². The van der Waals surface area contributed by atoms with E-state index in [0.717, 1.165) is 16.5 Å². The van der Waals surface area contributed by atoms with Crippen LogP contribution in [0.2, 0.25) is 5.02 Å². The number of hydrogen-bond acceptors (Lipinski definition) is 3. The van der Waals surface area contributed by atoms with Crippen molar-refractivity contribution < 1.29 is 9.72 Å². The average molecular weight is 330 g/mol. The van der Waals surface area contributed by atoms with Crippen molar-refractivity contribution in [1.29, 1.82) is 0 Å². The molecule has 0 unspecified atom stereocenters. The number of nitro groups is 1. The van der Waals surface area contributed by atoms with Gasteiger partial charge in [0.15, 0.2) is 0 Å². The Morgan fingerprint density at radius 2 is 2.04 bits per heavy atom. The number of carbonyl (C=O) groups is 1. The molecule has 3 aromatic rings. The van der Waals surface area contributed by atoms with Crippen molar-refractivity contribution in [3.8, 4) is 0 Å². The second-order valence-corrected chi connectivity index (χ2v) is 5.45. The molecule has 116 valence electrons. The van der Waals surface area contributed by atoms with E-state index in [9.17, 15) is 14.9 Å². The molecule has 0 spiro atoms. The van der Waals surface area contributed by atoms with Crippen LogP contribution in [0.15, 0.2) is 48.7 Å². The summed E-state index contributed by atoms with van der Waals surface area (Å²) in [4.78, 5) is 25.5. The quantitative estimate of drug-likeness (QED) is 0.562. The van der Waals surface area contributed by atoms with Gasteiger partial charge in [0.1, 0.15) is 5.02 Å². The zero-order valence-corrected chi connectivity index (χ0v) is 12.6. The summed E-state index contributed by atoms with van der Waals surface area (Å²) in [5.41, 5.74) is 1.97. The Kier molecular flexibility index (Phi) is 3.99. The number of anilines is 1. The van der Waals surface area contributed by atoms with E-state index >= 15 is 0 Å². The molecule has 0 bridgehead atoms. The summed E-state index contributed by atoms with van der Waals surface area (Å²) < 4.78 is 0. The SMILES string of the molecule is O=C(Cc1ccc2[nH]ccc2c1)Nc1ccc(Cl)c([N+](=O)[O-])c1. The summed E-state index contributed by atoms with van der Waals surface area (Å²) in [6.45, 7) is 0. The predicted octanol–water partition coefficient (Wildman–Crippen LogP) is 3.91. The Labute approximate surface area is 136 Å². The van der Waals surface area contributed by atoms with Crippen molar-refractivity contribution in [2.75, 3.05) is 5.32 Å². The van der Waals surface area contributed by atoms with Gasteiger partial charge in [-0.2, -0.15) is 0 Å². The molecule has 0 saturated carbocycles. The standard InChI is InChI=1S/C16H12ClN3O3/c17-13-3-2-12(9-15(13)20(22)23)19-16(21)8-10-1-4-14-11(7-10)5-6-18-14/h1-7,9,18H,8H2,(H,19,21). The summed E-state index contributed by atoms with van der Waals surface area (Å²) >= 11 is 5.74. The van der Waals surface area contributed by atoms with E-state index < -0.39 is 4.92 Å². The molecule has 3 rings (SSSR count). The number of benzene rings is 2. The number of nitrogens with zero attached hydrogens (tertiary/aromatic N) is 1. The third-order valence-electron chi connectivity index (χ3n) is 3.41. The fraction of sp³-hybridized carbons (Fsp3) is 0.0625. The zero-order chi connectivity index (χ0) is 16.4. The van der Waals surface area contributed by atoms with E-state index in [2.05, 4.69) is 10.3 Å². The number of rotatable bonds is 4. The highest BCUT2D eigenvalue weighted by molar-refractivity contribution is 6.32. The third-order valence-corrected chi connectivity index (χ3v) is 3.73. The van der Waals surface area contributed by atoms with E-state index in [4.69, 9.17) is 11.6 Å². The van der Waals surface area contributed by atoms with Crippen molar-refractivity contribution in [2.24, 2.45) is 0 Å². The smallest absolute Gasteiger partial charge is 0.289 e. The van der Waals surface area contributed by atoms with Gasteiger partial charge in [0.25, 0.3) is 5.69 Å². The largest absolute Gasteiger partial charge is 0.361 e. The lowest BCUT2D eigenvalue weighted by Crippen LogP contribution is -2.14. The molecule has 0 saturated heterocycles. The topological polar surface area (TPSA) is 88.0 Å². The first kappa shape index (κ1) is 15.1. The minimum Gasteiger partial charge on any atom is -0.361 e. The summed E-state index contributed by atoms with van der Waals surface area (Å²) in [5, 5.41) is 14.6. The molecule has 0 aliphatic heterocycles. The van der Waals surface area contributed by atoms with Gasteiger partial charge in [-0.1, -0.05) is 17.7 Å². The predicted molar refractivity (Wildman–Crippen MR) is 88.7 cm³/mol. The lowest BCUT2D eigenvalue weighted by Gasteiger charge is -2.06. The van der Waals surface area contributed by atoms with Crippen LogP contribution in [0.4, 0.5) is 11.4 Å². The Morgan fingerprint density at radius 1 is 1.22 bits per heavy atom. The fourth-order valence-corrected chi connectivity index (χ4v) is 2.52. The minimum absolute atomic E-state index is 0.0332. The number of nitro benzene ring substituents is 1. The first-order valence-electron chi connectivity index (χ1n) is 6.83. The second kappa shape index (κ2) is 6.10. The molecule has 1 aromatic heterocycles. The Bertz CT molecular complexity index is 904. The molecule has 6 nitrogen and oxygen atoms in total. The molecule has 0 aliphatic rings. The number of hydrogen-bond donors (Lipinski definition) is 2. The monoisotopic (exact) mass is 329 g/mol. The van der Waals surface area contributed by atoms with Crippen LogP contribution in [0.3, 0.4) is 0 Å². The highest BCUT2D eigenvalue weighted by atomic mass is 35.5. The molecular formula is C16H12ClN3O3. The van der Waals surface area contributed by atoms with Crippen LogP contribution >= 0.6 is 11.6 Å². The lowest BCUT2D eigenvalue weighted by atomic mass is 10.1. The molecule has 23 heavy (non-hydrogen) atoms. The van der Waals surface area contributed by atoms with Crippen LogP contribution in [0.5, 0.6) is 0 Å². The van der Waals surface area contributed by atoms with E-state index in [1.807, 2.05) is 30.5 Å². The molecule has 0 radical (unpaired) electrons. The zero-order valence-electron chi connectivity index (χ0n) is 11.9. The van der Waals surface area contributed by atoms with Gasteiger partial charge >= 0.3 is 0 Å². The van der Waals surface area contributed by atoms with Gasteiger partial charge in [-0.25, -0.2) is 0 Å². The van der Waals surface area contributed by atoms with Crippen molar-refractivity contribution in [2.45, 2.75) is 6.42 Å². The van der Waals surface area contributed by atoms with Gasteiger partial charge in [-0.3, -0.25) is 14.9 Å². The maximum Gasteiger partial charge on any atom is 0.289 e. The van der Waals surface area contributed by atoms with Gasteiger partial charge in [0, 0.05) is 23.5 Å². The number of nitrogens with one attached hydrogen (secondary N) is 2. The van der Waals surface area contributed by atoms with E-state index in [0.29, 0.717) is 5.69 Å². The average Bonchev–Trinajstić information content (AvgIpc) is 2.96. The summed E-state index contributed by atoms with van der Waals surface area (Å²) in [7, 11) is 0. The summed E-state index contributed by atoms with van der Waals surface area (Å²) in [6.07, 6.45) is 2.01. The van der Waals surface area contributed by atoms with Gasteiger partial charge < -0.3 is 10.3 Å². The van der Waals surface area contributed by atoms with Crippen LogP contribution in [0.1, 0.15) is 5.56 Å². The van der Waals surface area contributed by atoms with Gasteiger partial charge in [-0.15, -0.1) is 0 Å². The lowest BCUT2D eigenvalue weighted by molar-refractivity contribution is -0.384. The molecule has 1 heterocycles. The normalized spacial score (nSPS) is 10.7. The van der Waals surface area contributed by atoms with E-state index in [-0.39, 0.29) is 23.0 Å². The molecule has 0 fully saturated rings. The van der Waals surface area contributed by atoms with Gasteiger partial charge in [0.2, 0.25) is 5.91 Å². The van der Waals surface area contributed by atoms with E-state index in [1.165, 1.54) is 18.2 Å². The third kappa shape index (κ3) is 3.32. The number of halogens is 1. The van der Waals surface area contributed by atoms with Gasteiger partial charge in [0.05, 0.1) is 11.3 Å². The van der Waals surface area contributed by atoms with Crippen LogP contribution in [0, 0.1) is 10.1 Å². The van der Waals surface area contributed by atoms with Gasteiger partial charge in [-0.05, 0) is 41.3 Å². The molecule has 2 aromatic carbocycles. The molecular weight excluding hydrogens is 318 g/mol. The second-order valence-electron chi connectivity index (χ2n) is 5.05. The Hall–Kier alpha value is -2.86. The Morgan fingerprint density at radius 3 is 2.83 bits per heavy atom. The van der Waals surface area contributed by atoms with E-state index in [1.54, 1.807) is 0 Å². The Balaban J connectivity index is 1.74. The van der Waals surface area contributed by atoms with Crippen LogP contribution < -0.4 is 5.32 Å². The molecule has 2 N–H and O–H groups in total. The van der Waals surface area contributed by atoms with Crippen molar-refractivity contribution in [1.82, 2.24) is 4.98 Å². The number of amides is 1. The fourth-order valence-electron chi connectivity index (χ4n) is 2.33. The molecule has 1 amide bonds. The molecule has 7 heteroatoms.